The Hall–Kier alpha value is -1.24. The molecular weight excluding hydrogens is 274 g/mol. The second kappa shape index (κ2) is 5.63. The van der Waals surface area contributed by atoms with Crippen LogP contribution in [0.2, 0.25) is 5.02 Å². The van der Waals surface area contributed by atoms with Crippen LogP contribution in [0.1, 0.15) is 44.1 Å². The summed E-state index contributed by atoms with van der Waals surface area (Å²) in [4.78, 5) is 0. The molecule has 1 saturated carbocycles. The van der Waals surface area contributed by atoms with Gasteiger partial charge in [-0.2, -0.15) is 5.26 Å². The lowest BCUT2D eigenvalue weighted by atomic mass is 9.98. The van der Waals surface area contributed by atoms with Gasteiger partial charge in [-0.3, -0.25) is 0 Å². The average molecular weight is 292 g/mol. The van der Waals surface area contributed by atoms with Crippen molar-refractivity contribution in [2.24, 2.45) is 0 Å². The lowest BCUT2D eigenvalue weighted by Gasteiger charge is -2.23. The molecule has 1 atom stereocenters. The van der Waals surface area contributed by atoms with Crippen molar-refractivity contribution in [3.63, 3.8) is 0 Å². The molecule has 1 aliphatic carbocycles. The van der Waals surface area contributed by atoms with Crippen LogP contribution < -0.4 is 4.74 Å². The van der Waals surface area contributed by atoms with E-state index in [1.165, 1.54) is 25.7 Å². The second-order valence-electron chi connectivity index (χ2n) is 5.70. The van der Waals surface area contributed by atoms with Crippen LogP contribution in [-0.4, -0.2) is 18.3 Å². The van der Waals surface area contributed by atoms with Crippen molar-refractivity contribution in [2.45, 2.75) is 50.2 Å². The summed E-state index contributed by atoms with van der Waals surface area (Å²) in [5.41, 5.74) is 0.531. The first-order valence-corrected chi connectivity index (χ1v) is 7.59. The molecule has 106 valence electrons. The van der Waals surface area contributed by atoms with E-state index < -0.39 is 0 Å². The van der Waals surface area contributed by atoms with E-state index in [2.05, 4.69) is 6.07 Å². The van der Waals surface area contributed by atoms with Gasteiger partial charge in [0.15, 0.2) is 0 Å². The van der Waals surface area contributed by atoms with Crippen molar-refractivity contribution in [1.29, 1.82) is 5.26 Å². The van der Waals surface area contributed by atoms with Crippen molar-refractivity contribution in [2.75, 3.05) is 6.61 Å². The Kier molecular flexibility index (Phi) is 3.87. The van der Waals surface area contributed by atoms with E-state index in [-0.39, 0.29) is 11.7 Å². The van der Waals surface area contributed by atoms with Crippen molar-refractivity contribution in [3.8, 4) is 11.8 Å². The number of benzene rings is 1. The molecule has 1 unspecified atom stereocenters. The highest BCUT2D eigenvalue weighted by Crippen LogP contribution is 2.43. The van der Waals surface area contributed by atoms with Crippen molar-refractivity contribution < 1.29 is 9.47 Å². The van der Waals surface area contributed by atoms with E-state index in [9.17, 15) is 0 Å². The fourth-order valence-corrected chi connectivity index (χ4v) is 3.52. The number of hydrogen-bond acceptors (Lipinski definition) is 3. The van der Waals surface area contributed by atoms with Gasteiger partial charge in [-0.25, -0.2) is 0 Å². The summed E-state index contributed by atoms with van der Waals surface area (Å²) in [5.74, 6) is 0.552. The highest BCUT2D eigenvalue weighted by molar-refractivity contribution is 6.31. The normalized spacial score (nSPS) is 23.9. The highest BCUT2D eigenvalue weighted by Gasteiger charge is 2.42. The van der Waals surface area contributed by atoms with Crippen molar-refractivity contribution in [1.82, 2.24) is 0 Å². The van der Waals surface area contributed by atoms with Gasteiger partial charge in [0.25, 0.3) is 0 Å². The van der Waals surface area contributed by atoms with Crippen LogP contribution in [-0.2, 0) is 4.74 Å². The van der Waals surface area contributed by atoms with E-state index in [0.717, 1.165) is 12.8 Å². The van der Waals surface area contributed by atoms with Gasteiger partial charge >= 0.3 is 0 Å². The third-order valence-electron chi connectivity index (χ3n) is 4.37. The zero-order valence-corrected chi connectivity index (χ0v) is 12.2. The molecule has 3 nitrogen and oxygen atoms in total. The average Bonchev–Trinajstić information content (AvgIpc) is 3.07. The third kappa shape index (κ3) is 2.63. The first-order chi connectivity index (χ1) is 9.72. The maximum Gasteiger partial charge on any atom is 0.138 e. The van der Waals surface area contributed by atoms with Gasteiger partial charge < -0.3 is 9.47 Å². The van der Waals surface area contributed by atoms with Gasteiger partial charge in [-0.1, -0.05) is 30.5 Å². The summed E-state index contributed by atoms with van der Waals surface area (Å²) in [7, 11) is 0. The molecule has 3 rings (SSSR count). The largest absolute Gasteiger partial charge is 0.489 e. The summed E-state index contributed by atoms with van der Waals surface area (Å²) in [6, 6.07) is 7.37. The molecule has 1 aromatic carbocycles. The topological polar surface area (TPSA) is 42.2 Å². The molecule has 1 spiro atoms. The predicted octanol–water partition coefficient (Wildman–Crippen LogP) is 4.08. The number of halogens is 1. The first-order valence-electron chi connectivity index (χ1n) is 7.22. The molecule has 0 amide bonds. The first kappa shape index (κ1) is 13.7. The predicted molar refractivity (Wildman–Crippen MR) is 77.0 cm³/mol. The minimum atomic E-state index is 0.125. The number of rotatable bonds is 3. The molecule has 0 radical (unpaired) electrons. The summed E-state index contributed by atoms with van der Waals surface area (Å²) in [6.07, 6.45) is 7.25. The molecule has 4 heteroatoms. The minimum absolute atomic E-state index is 0.125. The maximum absolute atomic E-state index is 9.11. The Morgan fingerprint density at radius 3 is 2.90 bits per heavy atom. The zero-order chi connectivity index (χ0) is 14.0. The van der Waals surface area contributed by atoms with E-state index in [4.69, 9.17) is 26.3 Å². The molecule has 20 heavy (non-hydrogen) atoms. The molecule has 0 bridgehead atoms. The lowest BCUT2D eigenvalue weighted by Crippen LogP contribution is -2.27. The Morgan fingerprint density at radius 1 is 1.35 bits per heavy atom. The summed E-state index contributed by atoms with van der Waals surface area (Å²) >= 11 is 5.99. The molecule has 2 fully saturated rings. The minimum Gasteiger partial charge on any atom is -0.489 e. The fourth-order valence-electron chi connectivity index (χ4n) is 3.32. The van der Waals surface area contributed by atoms with Gasteiger partial charge in [0.1, 0.15) is 24.0 Å². The third-order valence-corrected chi connectivity index (χ3v) is 4.68. The number of hydrogen-bond donors (Lipinski definition) is 0. The van der Waals surface area contributed by atoms with Gasteiger partial charge in [0, 0.05) is 0 Å². The van der Waals surface area contributed by atoms with Crippen molar-refractivity contribution in [3.05, 3.63) is 28.8 Å². The zero-order valence-electron chi connectivity index (χ0n) is 11.4. The van der Waals surface area contributed by atoms with Crippen LogP contribution in [0.15, 0.2) is 18.2 Å². The summed E-state index contributed by atoms with van der Waals surface area (Å²) in [5, 5.41) is 9.55. The molecular formula is C16H18ClNO2. The summed E-state index contributed by atoms with van der Waals surface area (Å²) in [6.45, 7) is 0.497. The fraction of sp³-hybridized carbons (Fsp3) is 0.562. The molecule has 1 heterocycles. The van der Waals surface area contributed by atoms with E-state index in [1.807, 2.05) is 0 Å². The molecule has 1 aliphatic heterocycles. The molecule has 0 aromatic heterocycles. The molecule has 1 aromatic rings. The second-order valence-corrected chi connectivity index (χ2v) is 6.11. The molecule has 2 aliphatic rings. The number of ether oxygens (including phenoxy) is 2. The Morgan fingerprint density at radius 2 is 2.15 bits per heavy atom. The van der Waals surface area contributed by atoms with Crippen molar-refractivity contribution >= 4 is 11.6 Å². The van der Waals surface area contributed by atoms with E-state index in [1.54, 1.807) is 18.2 Å². The SMILES string of the molecule is N#Cc1c(Cl)cccc1OCC1CCC2(CCCC2)O1. The Balaban J connectivity index is 1.61. The summed E-state index contributed by atoms with van der Waals surface area (Å²) < 4.78 is 12.0. The number of nitrogens with zero attached hydrogens (tertiary/aromatic N) is 1. The van der Waals surface area contributed by atoms with E-state index in [0.29, 0.717) is 22.9 Å². The Labute approximate surface area is 124 Å². The lowest BCUT2D eigenvalue weighted by molar-refractivity contribution is -0.0509. The standard InChI is InChI=1S/C16H18ClNO2/c17-14-4-3-5-15(13(14)10-18)19-11-12-6-9-16(20-12)7-1-2-8-16/h3-5,12H,1-2,6-9,11H2. The van der Waals surface area contributed by atoms with Crippen LogP contribution in [0.5, 0.6) is 5.75 Å². The highest BCUT2D eigenvalue weighted by atomic mass is 35.5. The van der Waals surface area contributed by atoms with Gasteiger partial charge in [-0.05, 0) is 37.8 Å². The maximum atomic E-state index is 9.11. The smallest absolute Gasteiger partial charge is 0.138 e. The monoisotopic (exact) mass is 291 g/mol. The van der Waals surface area contributed by atoms with Crippen LogP contribution >= 0.6 is 11.6 Å². The van der Waals surface area contributed by atoms with Crippen LogP contribution in [0.25, 0.3) is 0 Å². The molecule has 0 N–H and O–H groups in total. The van der Waals surface area contributed by atoms with Crippen LogP contribution in [0.3, 0.4) is 0 Å². The molecule has 1 saturated heterocycles. The van der Waals surface area contributed by atoms with Gasteiger partial charge in [0.05, 0.1) is 16.7 Å². The van der Waals surface area contributed by atoms with Gasteiger partial charge in [-0.15, -0.1) is 0 Å². The van der Waals surface area contributed by atoms with E-state index >= 15 is 0 Å². The Bertz CT molecular complexity index is 532. The van der Waals surface area contributed by atoms with Crippen LogP contribution in [0.4, 0.5) is 0 Å². The number of nitriles is 1. The quantitative estimate of drug-likeness (QED) is 0.842. The van der Waals surface area contributed by atoms with Gasteiger partial charge in [0.2, 0.25) is 0 Å². The van der Waals surface area contributed by atoms with Crippen LogP contribution in [0, 0.1) is 11.3 Å².